The number of amides is 1. The molecule has 2 aliphatic rings. The van der Waals surface area contributed by atoms with E-state index < -0.39 is 0 Å². The molecule has 2 heterocycles. The quantitative estimate of drug-likeness (QED) is 0.806. The highest BCUT2D eigenvalue weighted by Crippen LogP contribution is 2.39. The van der Waals surface area contributed by atoms with Gasteiger partial charge in [-0.3, -0.25) is 4.79 Å². The van der Waals surface area contributed by atoms with Crippen molar-refractivity contribution in [1.82, 2.24) is 4.90 Å². The van der Waals surface area contributed by atoms with Crippen LogP contribution in [0, 0.1) is 5.92 Å². The van der Waals surface area contributed by atoms with Crippen LogP contribution in [-0.4, -0.2) is 36.2 Å². The second-order valence-corrected chi connectivity index (χ2v) is 6.02. The molecule has 0 saturated carbocycles. The fourth-order valence-electron chi connectivity index (χ4n) is 3.63. The first kappa shape index (κ1) is 14.9. The van der Waals surface area contributed by atoms with Crippen LogP contribution in [0.3, 0.4) is 0 Å². The Morgan fingerprint density at radius 3 is 2.36 bits per heavy atom. The lowest BCUT2D eigenvalue weighted by molar-refractivity contribution is -0.147. The summed E-state index contributed by atoms with van der Waals surface area (Å²) in [7, 11) is 1.42. The van der Waals surface area contributed by atoms with Crippen molar-refractivity contribution >= 4 is 12.1 Å². The van der Waals surface area contributed by atoms with Crippen LogP contribution in [0.4, 0.5) is 4.79 Å². The van der Waals surface area contributed by atoms with Crippen molar-refractivity contribution in [3.8, 4) is 0 Å². The Labute approximate surface area is 130 Å². The molecule has 2 saturated heterocycles. The fraction of sp³-hybridized carbons (Fsp3) is 0.529. The number of nitrogens with zero attached hydrogens (tertiary/aromatic N) is 1. The van der Waals surface area contributed by atoms with Crippen LogP contribution < -0.4 is 0 Å². The van der Waals surface area contributed by atoms with Gasteiger partial charge in [0.15, 0.2) is 0 Å². The van der Waals surface area contributed by atoms with Gasteiger partial charge in [0.2, 0.25) is 0 Å². The molecule has 5 heteroatoms. The van der Waals surface area contributed by atoms with Crippen molar-refractivity contribution in [2.24, 2.45) is 5.92 Å². The summed E-state index contributed by atoms with van der Waals surface area (Å²) in [5.41, 5.74) is 0.979. The molecule has 1 aromatic carbocycles. The maximum Gasteiger partial charge on any atom is 0.410 e. The van der Waals surface area contributed by atoms with Crippen LogP contribution in [0.1, 0.15) is 31.2 Å². The lowest BCUT2D eigenvalue weighted by atomic mass is 9.91. The van der Waals surface area contributed by atoms with Gasteiger partial charge in [0.25, 0.3) is 0 Å². The number of carbonyl (C=O) groups is 2. The van der Waals surface area contributed by atoms with E-state index in [9.17, 15) is 9.59 Å². The van der Waals surface area contributed by atoms with Crippen molar-refractivity contribution in [1.29, 1.82) is 0 Å². The Morgan fingerprint density at radius 2 is 1.77 bits per heavy atom. The van der Waals surface area contributed by atoms with E-state index in [1.54, 1.807) is 0 Å². The third kappa shape index (κ3) is 2.93. The summed E-state index contributed by atoms with van der Waals surface area (Å²) < 4.78 is 10.3. The summed E-state index contributed by atoms with van der Waals surface area (Å²) >= 11 is 0. The Bertz CT molecular complexity index is 531. The number of piperidine rings is 1. The van der Waals surface area contributed by atoms with Crippen molar-refractivity contribution in [2.75, 3.05) is 7.11 Å². The monoisotopic (exact) mass is 303 g/mol. The average molecular weight is 303 g/mol. The van der Waals surface area contributed by atoms with E-state index >= 15 is 0 Å². The fourth-order valence-corrected chi connectivity index (χ4v) is 3.63. The van der Waals surface area contributed by atoms with Gasteiger partial charge in [-0.1, -0.05) is 30.3 Å². The minimum Gasteiger partial charge on any atom is -0.469 e. The second kappa shape index (κ2) is 6.38. The molecule has 0 aliphatic carbocycles. The summed E-state index contributed by atoms with van der Waals surface area (Å²) in [6.45, 7) is 0.288. The lowest BCUT2D eigenvalue weighted by Gasteiger charge is -2.37. The molecular weight excluding hydrogens is 282 g/mol. The van der Waals surface area contributed by atoms with Gasteiger partial charge < -0.3 is 14.4 Å². The predicted molar refractivity (Wildman–Crippen MR) is 80.0 cm³/mol. The molecule has 1 amide bonds. The van der Waals surface area contributed by atoms with Crippen LogP contribution in [-0.2, 0) is 20.9 Å². The Kier molecular flexibility index (Phi) is 4.32. The Morgan fingerprint density at radius 1 is 1.14 bits per heavy atom. The molecule has 2 fully saturated rings. The Hall–Kier alpha value is -2.04. The summed E-state index contributed by atoms with van der Waals surface area (Å²) in [4.78, 5) is 25.9. The molecule has 1 aromatic rings. The van der Waals surface area contributed by atoms with E-state index in [0.29, 0.717) is 12.8 Å². The van der Waals surface area contributed by atoms with Gasteiger partial charge in [0, 0.05) is 12.1 Å². The summed E-state index contributed by atoms with van der Waals surface area (Å²) in [6, 6.07) is 9.86. The van der Waals surface area contributed by atoms with E-state index in [-0.39, 0.29) is 36.7 Å². The molecule has 0 spiro atoms. The average Bonchev–Trinajstić information content (AvgIpc) is 2.82. The molecule has 2 aliphatic heterocycles. The highest BCUT2D eigenvalue weighted by atomic mass is 16.6. The molecule has 22 heavy (non-hydrogen) atoms. The zero-order valence-electron chi connectivity index (χ0n) is 12.7. The molecule has 2 atom stereocenters. The number of esters is 1. The van der Waals surface area contributed by atoms with Crippen molar-refractivity contribution in [2.45, 2.75) is 44.4 Å². The normalized spacial score (nSPS) is 26.6. The third-order valence-corrected chi connectivity index (χ3v) is 4.68. The standard InChI is InChI=1S/C17H21NO4/c1-21-16(19)13-9-14-7-8-15(10-13)18(14)17(20)22-11-12-5-3-2-4-6-12/h2-6,13-15H,7-11H2,1H3. The van der Waals surface area contributed by atoms with Crippen molar-refractivity contribution < 1.29 is 19.1 Å². The summed E-state index contributed by atoms with van der Waals surface area (Å²) in [5.74, 6) is -0.241. The molecule has 0 radical (unpaired) electrons. The molecule has 2 unspecified atom stereocenters. The number of benzene rings is 1. The van der Waals surface area contributed by atoms with E-state index in [1.165, 1.54) is 7.11 Å². The zero-order chi connectivity index (χ0) is 15.5. The molecule has 0 aromatic heterocycles. The highest BCUT2D eigenvalue weighted by molar-refractivity contribution is 5.74. The summed E-state index contributed by atoms with van der Waals surface area (Å²) in [6.07, 6.45) is 2.99. The summed E-state index contributed by atoms with van der Waals surface area (Å²) in [5, 5.41) is 0. The minimum atomic E-state index is -0.264. The number of fused-ring (bicyclic) bond motifs is 2. The van der Waals surface area contributed by atoms with Gasteiger partial charge in [-0.25, -0.2) is 4.79 Å². The predicted octanol–water partition coefficient (Wildman–Crippen LogP) is 2.74. The third-order valence-electron chi connectivity index (χ3n) is 4.68. The smallest absolute Gasteiger partial charge is 0.410 e. The molecule has 0 N–H and O–H groups in total. The molecule has 5 nitrogen and oxygen atoms in total. The van der Waals surface area contributed by atoms with Crippen molar-refractivity contribution in [3.05, 3.63) is 35.9 Å². The lowest BCUT2D eigenvalue weighted by Crippen LogP contribution is -2.48. The van der Waals surface area contributed by atoms with Gasteiger partial charge in [-0.15, -0.1) is 0 Å². The van der Waals surface area contributed by atoms with Gasteiger partial charge >= 0.3 is 12.1 Å². The van der Waals surface area contributed by atoms with Crippen LogP contribution in [0.2, 0.25) is 0 Å². The van der Waals surface area contributed by atoms with E-state index in [0.717, 1.165) is 18.4 Å². The first-order chi connectivity index (χ1) is 10.7. The topological polar surface area (TPSA) is 55.8 Å². The molecule has 118 valence electrons. The highest BCUT2D eigenvalue weighted by Gasteiger charge is 2.46. The maximum atomic E-state index is 12.4. The number of hydrogen-bond donors (Lipinski definition) is 0. The molecule has 2 bridgehead atoms. The minimum absolute atomic E-state index is 0.0827. The maximum absolute atomic E-state index is 12.4. The number of carbonyl (C=O) groups excluding carboxylic acids is 2. The number of rotatable bonds is 3. The van der Waals surface area contributed by atoms with E-state index in [2.05, 4.69) is 0 Å². The molecule has 3 rings (SSSR count). The van der Waals surface area contributed by atoms with Crippen molar-refractivity contribution in [3.63, 3.8) is 0 Å². The number of hydrogen-bond acceptors (Lipinski definition) is 4. The van der Waals surface area contributed by atoms with E-state index in [1.807, 2.05) is 35.2 Å². The zero-order valence-corrected chi connectivity index (χ0v) is 12.7. The van der Waals surface area contributed by atoms with Gasteiger partial charge in [0.05, 0.1) is 13.0 Å². The van der Waals surface area contributed by atoms with E-state index in [4.69, 9.17) is 9.47 Å². The van der Waals surface area contributed by atoms with Crippen LogP contribution in [0.5, 0.6) is 0 Å². The number of methoxy groups -OCH3 is 1. The Balaban J connectivity index is 1.59. The van der Waals surface area contributed by atoms with Crippen LogP contribution >= 0.6 is 0 Å². The van der Waals surface area contributed by atoms with Crippen LogP contribution in [0.25, 0.3) is 0 Å². The van der Waals surface area contributed by atoms with Gasteiger partial charge in [-0.05, 0) is 31.2 Å². The molecular formula is C17H21NO4. The SMILES string of the molecule is COC(=O)C1CC2CCC(C1)N2C(=O)OCc1ccccc1. The van der Waals surface area contributed by atoms with Gasteiger partial charge in [0.1, 0.15) is 6.61 Å². The van der Waals surface area contributed by atoms with Crippen LogP contribution in [0.15, 0.2) is 30.3 Å². The number of ether oxygens (including phenoxy) is 2. The second-order valence-electron chi connectivity index (χ2n) is 6.02. The largest absolute Gasteiger partial charge is 0.469 e. The first-order valence-electron chi connectivity index (χ1n) is 7.76. The first-order valence-corrected chi connectivity index (χ1v) is 7.76. The van der Waals surface area contributed by atoms with Gasteiger partial charge in [-0.2, -0.15) is 0 Å².